The molecule has 24 nitrogen and oxygen atoms in total. The van der Waals surface area contributed by atoms with E-state index in [1.807, 2.05) is 65.8 Å². The predicted molar refractivity (Wildman–Crippen MR) is 455 cm³/mol. The topological polar surface area (TPSA) is 357 Å². The first-order valence-corrected chi connectivity index (χ1v) is 40.8. The van der Waals surface area contributed by atoms with E-state index in [1.54, 1.807) is 75.4 Å². The number of amides is 2. The molecule has 8 N–H and O–H groups in total. The number of nitrogens with one attached hydrogen (secondary N) is 1. The number of hydrogen-bond acceptors (Lipinski definition) is 22. The molecule has 2 fully saturated rings. The first-order valence-electron chi connectivity index (χ1n) is 38.5. The first kappa shape index (κ1) is 98.4. The zero-order valence-corrected chi connectivity index (χ0v) is 73.3. The van der Waals surface area contributed by atoms with Gasteiger partial charge in [0.2, 0.25) is 11.8 Å². The molecule has 6 aromatic rings. The van der Waals surface area contributed by atoms with Crippen molar-refractivity contribution in [2.45, 2.75) is 176 Å². The molecule has 9 rings (SSSR count). The summed E-state index contributed by atoms with van der Waals surface area (Å²) in [6.45, 7) is 22.2. The summed E-state index contributed by atoms with van der Waals surface area (Å²) < 4.78 is 49.8. The lowest BCUT2D eigenvalue weighted by Gasteiger charge is -2.32. The lowest BCUT2D eigenvalue weighted by Crippen LogP contribution is -2.46. The van der Waals surface area contributed by atoms with Crippen LogP contribution in [0.5, 0.6) is 23.0 Å². The van der Waals surface area contributed by atoms with Gasteiger partial charge < -0.3 is 75.0 Å². The van der Waals surface area contributed by atoms with Gasteiger partial charge in [0.05, 0.1) is 88.0 Å². The Hall–Kier alpha value is -8.17. The van der Waals surface area contributed by atoms with Gasteiger partial charge in [0.15, 0.2) is 17.3 Å². The zero-order valence-electron chi connectivity index (χ0n) is 68.7. The molecule has 0 spiro atoms. The van der Waals surface area contributed by atoms with E-state index in [1.165, 1.54) is 64.7 Å². The molecule has 3 heterocycles. The number of fused-ring (bicyclic) bond motifs is 5. The third kappa shape index (κ3) is 28.3. The van der Waals surface area contributed by atoms with Crippen LogP contribution in [0.25, 0.3) is 11.1 Å². The van der Waals surface area contributed by atoms with Crippen LogP contribution in [-0.2, 0) is 53.9 Å². The minimum Gasteiger partial charge on any atom is -0.508 e. The first-order chi connectivity index (χ1) is 55.0. The van der Waals surface area contributed by atoms with Crippen LogP contribution in [0.1, 0.15) is 199 Å². The maximum Gasteiger partial charge on any atom is 0.494 e. The highest BCUT2D eigenvalue weighted by atomic mass is 79.9. The van der Waals surface area contributed by atoms with Crippen LogP contribution in [0.4, 0.5) is 0 Å². The number of phenolic OH excluding ortho intramolecular Hbond substituents is 1. The van der Waals surface area contributed by atoms with E-state index in [0.29, 0.717) is 84.0 Å². The number of aryl methyl sites for hydroxylation is 4. The Balaban J connectivity index is 0.000000364. The minimum absolute atomic E-state index is 0.0308. The number of methoxy groups -OCH3 is 3. The highest BCUT2D eigenvalue weighted by molar-refractivity contribution is 9.10. The molecule has 0 aromatic heterocycles. The fourth-order valence-corrected chi connectivity index (χ4v) is 15.0. The standard InChI is InChI=1S/C49H65ClN6O8.C15H20BClO4.C9H8BrClO2.C9H9ClO3.C4H8O/c1-5-6-7-8-9-21-62-36-24-31(2)46(39(50)30-36)42(58)29-35(16-18-52)49(61)56(4)47-34-13-15-45(64-23-20-54)38(28-34)37-26-33(12-14-44(37)63-22-19-53)27-40(41(57)11-10-17-51)55-48(60)32(3)25-43(47)59;1-9-7-10(8-11(17)12(9)13(18)19-6)16-20-14(2,3)15(4,5)21-16;1-5-3-6(10)4-7(11)8(5)9(12)13-2;1-5-3-6(11)4-7(10)8(5)9(12)13-2;1-2-4-5-3-1/h12-15,24,26,28,30,32,35,40,47H,5-11,16,18-23,25,27,29,52-54H2,1-4H3,(H,55,60);7-8H,1-6H3;3-4H,1-2H3;3-4,11H,1-2H3;1-4H2/t32-,35-,40+,47+;;;;/m1..../s1. The van der Waals surface area contributed by atoms with E-state index in [4.69, 9.17) is 102 Å². The molecule has 30 heteroatoms. The van der Waals surface area contributed by atoms with E-state index in [0.717, 1.165) is 60.0 Å². The molecule has 6 aromatic carbocycles. The number of phenols is 1. The summed E-state index contributed by atoms with van der Waals surface area (Å²) in [6.07, 6.45) is 7.59. The maximum absolute atomic E-state index is 14.7. The van der Waals surface area contributed by atoms with Crippen molar-refractivity contribution in [2.24, 2.45) is 29.0 Å². The van der Waals surface area contributed by atoms with Crippen LogP contribution in [0, 0.1) is 50.9 Å². The highest BCUT2D eigenvalue weighted by Crippen LogP contribution is 2.42. The Labute approximate surface area is 710 Å². The third-order valence-corrected chi connectivity index (χ3v) is 21.4. The van der Waals surface area contributed by atoms with Crippen molar-refractivity contribution < 1.29 is 85.9 Å². The van der Waals surface area contributed by atoms with Crippen molar-refractivity contribution in [3.05, 3.63) is 165 Å². The number of unbranched alkanes of at least 4 members (excludes halogenated alkanes) is 4. The molecule has 4 bridgehead atoms. The summed E-state index contributed by atoms with van der Waals surface area (Å²) >= 11 is 27.8. The number of nitrogens with two attached hydrogens (primary N) is 3. The number of Topliss-reactive ketones (excluding diaryl/α,β-unsaturated/α-hetero) is 3. The van der Waals surface area contributed by atoms with E-state index < -0.39 is 77.7 Å². The summed E-state index contributed by atoms with van der Waals surface area (Å²) in [5, 5.41) is 22.4. The fourth-order valence-electron chi connectivity index (χ4n) is 12.9. The lowest BCUT2D eigenvalue weighted by atomic mass is 9.78. The van der Waals surface area contributed by atoms with Gasteiger partial charge in [-0.2, -0.15) is 5.26 Å². The van der Waals surface area contributed by atoms with Crippen LogP contribution in [0.3, 0.4) is 0 Å². The van der Waals surface area contributed by atoms with Gasteiger partial charge in [0.25, 0.3) is 0 Å². The number of hydrogen-bond donors (Lipinski definition) is 5. The fraction of sp³-hybridized carbons (Fsp3) is 0.477. The van der Waals surface area contributed by atoms with Gasteiger partial charge in [0, 0.05) is 92.0 Å². The Morgan fingerprint density at radius 3 is 1.70 bits per heavy atom. The molecule has 0 saturated carbocycles. The monoisotopic (exact) mass is 1740 g/mol. The summed E-state index contributed by atoms with van der Waals surface area (Å²) in [6, 6.07) is 23.4. The molecule has 0 aliphatic carbocycles. The molecular formula is C86H110BBrCl4N6O18. The SMILES string of the molecule is C1CCOC1.CCCCCCCOc1cc(C)c(C(=O)C[C@@H](CCN)C(=O)N(C)[C@@H]2C(=O)C[C@@H](C)C(=O)N[C@H](C(=O)CCC#N)Cc3ccc(OCCN)c(c3)-c3cc2ccc3OCCN)c(Cl)c1.COC(=O)c1c(C)cc(B2OC(C)(C)C(C)(C)O2)cc1Cl.COC(=O)c1c(C)cc(Br)cc1Cl.COC(=O)c1c(C)cc(O)cc1Cl. The number of carbonyl (C=O) groups is 8. The van der Waals surface area contributed by atoms with E-state index in [-0.39, 0.29) is 104 Å². The summed E-state index contributed by atoms with van der Waals surface area (Å²) in [5.41, 5.74) is 24.0. The number of ketones is 3. The van der Waals surface area contributed by atoms with Crippen molar-refractivity contribution >= 4 is 122 Å². The number of aromatic hydroxyl groups is 1. The molecule has 3 aliphatic heterocycles. The van der Waals surface area contributed by atoms with Gasteiger partial charge in [-0.15, -0.1) is 0 Å². The predicted octanol–water partition coefficient (Wildman–Crippen LogP) is 15.5. The Bertz CT molecular complexity index is 4260. The van der Waals surface area contributed by atoms with Gasteiger partial charge in [-0.05, 0) is 200 Å². The molecule has 4 atom stereocenters. The number of nitrogens with zero attached hydrogens (tertiary/aromatic N) is 2. The summed E-state index contributed by atoms with van der Waals surface area (Å²) in [5.74, 6) is -3.95. The van der Waals surface area contributed by atoms with E-state index >= 15 is 0 Å². The lowest BCUT2D eigenvalue weighted by molar-refractivity contribution is -0.142. The smallest absolute Gasteiger partial charge is 0.494 e. The maximum atomic E-state index is 14.7. The number of rotatable bonds is 27. The molecule has 0 radical (unpaired) electrons. The molecule has 3 aliphatic rings. The number of ether oxygens (including phenoxy) is 7. The summed E-state index contributed by atoms with van der Waals surface area (Å²) in [7, 11) is 4.95. The van der Waals surface area contributed by atoms with Crippen molar-refractivity contribution in [1.82, 2.24) is 10.2 Å². The van der Waals surface area contributed by atoms with Gasteiger partial charge in [-0.3, -0.25) is 24.0 Å². The van der Waals surface area contributed by atoms with Crippen molar-refractivity contribution in [2.75, 3.05) is 81.0 Å². The largest absolute Gasteiger partial charge is 0.508 e. The molecular weight excluding hydrogens is 1640 g/mol. The second-order valence-corrected chi connectivity index (χ2v) is 31.8. The second kappa shape index (κ2) is 48.0. The number of esters is 3. The average Bonchev–Trinajstić information content (AvgIpc) is 1.55. The number of benzene rings is 6. The molecule has 0 unspecified atom stereocenters. The highest BCUT2D eigenvalue weighted by Gasteiger charge is 2.52. The Morgan fingerprint density at radius 1 is 0.664 bits per heavy atom. The second-order valence-electron chi connectivity index (χ2n) is 29.2. The average molecular weight is 1750 g/mol. The van der Waals surface area contributed by atoms with Crippen molar-refractivity contribution in [3.63, 3.8) is 0 Å². The number of halogens is 5. The van der Waals surface area contributed by atoms with Crippen LogP contribution in [0.2, 0.25) is 20.1 Å². The Kier molecular flexibility index (Phi) is 40.8. The molecule has 2 amide bonds. The number of likely N-dealkylation sites (N-methyl/N-ethyl adjacent to an activating group) is 1. The summed E-state index contributed by atoms with van der Waals surface area (Å²) in [4.78, 5) is 106. The zero-order chi connectivity index (χ0) is 86.3. The molecule has 630 valence electrons. The van der Waals surface area contributed by atoms with Crippen molar-refractivity contribution in [3.8, 4) is 40.2 Å². The molecule has 2 saturated heterocycles. The van der Waals surface area contributed by atoms with Crippen molar-refractivity contribution in [1.29, 1.82) is 5.26 Å². The van der Waals surface area contributed by atoms with Crippen LogP contribution in [0.15, 0.2) is 89.4 Å². The normalized spacial score (nSPS) is 16.0. The van der Waals surface area contributed by atoms with Gasteiger partial charge >= 0.3 is 25.0 Å². The van der Waals surface area contributed by atoms with E-state index in [2.05, 4.69) is 37.6 Å². The Morgan fingerprint density at radius 2 is 1.19 bits per heavy atom. The van der Waals surface area contributed by atoms with Gasteiger partial charge in [-0.25, -0.2) is 14.4 Å². The third-order valence-electron chi connectivity index (χ3n) is 19.7. The van der Waals surface area contributed by atoms with Crippen LogP contribution < -0.4 is 42.2 Å². The quantitative estimate of drug-likeness (QED) is 0.0105. The van der Waals surface area contributed by atoms with Gasteiger partial charge in [-0.1, -0.05) is 120 Å². The van der Waals surface area contributed by atoms with Crippen LogP contribution in [-0.4, -0.2) is 162 Å². The minimum atomic E-state index is -1.24. The van der Waals surface area contributed by atoms with Gasteiger partial charge in [0.1, 0.15) is 42.3 Å². The number of carbonyl (C=O) groups excluding carboxylic acids is 8. The van der Waals surface area contributed by atoms with E-state index in [9.17, 15) is 43.6 Å². The number of nitriles is 1. The molecule has 116 heavy (non-hydrogen) atoms. The van der Waals surface area contributed by atoms with Crippen LogP contribution >= 0.6 is 62.3 Å².